The first-order valence-corrected chi connectivity index (χ1v) is 10.3. The fraction of sp³-hybridized carbons (Fsp3) is 0.636. The summed E-state index contributed by atoms with van der Waals surface area (Å²) in [5.74, 6) is 1.48. The van der Waals surface area contributed by atoms with Gasteiger partial charge in [0.05, 0.1) is 5.92 Å². The number of hydrogen-bond acceptors (Lipinski definition) is 3. The lowest BCUT2D eigenvalue weighted by Crippen LogP contribution is -2.56. The van der Waals surface area contributed by atoms with Crippen LogP contribution in [0.3, 0.4) is 0 Å². The van der Waals surface area contributed by atoms with E-state index in [1.807, 2.05) is 36.1 Å². The zero-order chi connectivity index (χ0) is 19.2. The second kappa shape index (κ2) is 6.93. The number of carbonyl (C=O) groups excluding carboxylic acids is 2. The number of nitrogens with zero attached hydrogens (tertiary/aromatic N) is 2. The van der Waals surface area contributed by atoms with Crippen LogP contribution in [0.25, 0.3) is 0 Å². The number of hydrogen-bond donors (Lipinski definition) is 1. The summed E-state index contributed by atoms with van der Waals surface area (Å²) in [6.45, 7) is 10.9. The van der Waals surface area contributed by atoms with Crippen molar-refractivity contribution in [1.29, 1.82) is 0 Å². The van der Waals surface area contributed by atoms with Gasteiger partial charge in [0, 0.05) is 49.7 Å². The van der Waals surface area contributed by atoms with E-state index in [2.05, 4.69) is 24.1 Å². The van der Waals surface area contributed by atoms with Crippen molar-refractivity contribution in [2.24, 2.45) is 17.8 Å². The Balaban J connectivity index is 1.43. The van der Waals surface area contributed by atoms with Crippen LogP contribution in [-0.2, 0) is 4.79 Å². The van der Waals surface area contributed by atoms with Gasteiger partial charge in [-0.05, 0) is 37.8 Å². The van der Waals surface area contributed by atoms with Gasteiger partial charge in [0.25, 0.3) is 5.91 Å². The minimum absolute atomic E-state index is 0.110. The molecule has 2 atom stereocenters. The summed E-state index contributed by atoms with van der Waals surface area (Å²) in [4.78, 5) is 29.8. The lowest BCUT2D eigenvalue weighted by molar-refractivity contribution is -0.123. The number of rotatable bonds is 3. The Kier molecular flexibility index (Phi) is 4.75. The van der Waals surface area contributed by atoms with Gasteiger partial charge in [0.2, 0.25) is 5.91 Å². The van der Waals surface area contributed by atoms with Crippen molar-refractivity contribution < 1.29 is 9.59 Å². The molecular formula is C22H31N3O2. The SMILES string of the molecule is Cc1ccc(C(=O)N2CCC3(CC2)NC(=O)[C@@H]2CN(CC(C)C)C[C@@H]23)cc1. The Hall–Kier alpha value is -1.88. The largest absolute Gasteiger partial charge is 0.350 e. The van der Waals surface area contributed by atoms with Crippen LogP contribution in [0.5, 0.6) is 0 Å². The van der Waals surface area contributed by atoms with Crippen LogP contribution in [0.2, 0.25) is 0 Å². The number of benzene rings is 1. The molecule has 0 radical (unpaired) electrons. The Labute approximate surface area is 162 Å². The molecule has 27 heavy (non-hydrogen) atoms. The fourth-order valence-electron chi connectivity index (χ4n) is 5.29. The van der Waals surface area contributed by atoms with Crippen molar-refractivity contribution >= 4 is 11.8 Å². The van der Waals surface area contributed by atoms with Gasteiger partial charge in [0.1, 0.15) is 0 Å². The highest BCUT2D eigenvalue weighted by Gasteiger charge is 2.57. The molecule has 1 aromatic rings. The molecule has 2 amide bonds. The molecule has 3 aliphatic rings. The van der Waals surface area contributed by atoms with Crippen LogP contribution in [0.15, 0.2) is 24.3 Å². The lowest BCUT2D eigenvalue weighted by atomic mass is 9.75. The zero-order valence-electron chi connectivity index (χ0n) is 16.7. The van der Waals surface area contributed by atoms with Gasteiger partial charge in [-0.3, -0.25) is 9.59 Å². The number of fused-ring (bicyclic) bond motifs is 2. The third-order valence-electron chi connectivity index (χ3n) is 6.68. The molecule has 4 rings (SSSR count). The molecule has 0 aliphatic carbocycles. The Morgan fingerprint density at radius 3 is 2.48 bits per heavy atom. The van der Waals surface area contributed by atoms with Gasteiger partial charge < -0.3 is 15.1 Å². The van der Waals surface area contributed by atoms with Crippen LogP contribution in [-0.4, -0.2) is 59.9 Å². The Bertz CT molecular complexity index is 720. The predicted octanol–water partition coefficient (Wildman–Crippen LogP) is 2.30. The van der Waals surface area contributed by atoms with E-state index in [1.54, 1.807) is 0 Å². The molecule has 3 fully saturated rings. The molecule has 1 spiro atoms. The van der Waals surface area contributed by atoms with Crippen LogP contribution in [0, 0.1) is 24.7 Å². The summed E-state index contributed by atoms with van der Waals surface area (Å²) in [6.07, 6.45) is 1.74. The lowest BCUT2D eigenvalue weighted by Gasteiger charge is -2.43. The maximum atomic E-state index is 12.8. The molecule has 0 bridgehead atoms. The quantitative estimate of drug-likeness (QED) is 0.890. The zero-order valence-corrected chi connectivity index (χ0v) is 16.7. The van der Waals surface area contributed by atoms with E-state index in [9.17, 15) is 9.59 Å². The van der Waals surface area contributed by atoms with Gasteiger partial charge in [-0.25, -0.2) is 0 Å². The van der Waals surface area contributed by atoms with E-state index in [0.29, 0.717) is 11.8 Å². The summed E-state index contributed by atoms with van der Waals surface area (Å²) >= 11 is 0. The van der Waals surface area contributed by atoms with Crippen LogP contribution in [0.1, 0.15) is 42.6 Å². The van der Waals surface area contributed by atoms with Crippen molar-refractivity contribution in [3.8, 4) is 0 Å². The molecule has 146 valence electrons. The molecule has 0 aromatic heterocycles. The molecular weight excluding hydrogens is 338 g/mol. The van der Waals surface area contributed by atoms with E-state index in [1.165, 1.54) is 0 Å². The molecule has 1 N–H and O–H groups in total. The van der Waals surface area contributed by atoms with Crippen LogP contribution in [0.4, 0.5) is 0 Å². The average molecular weight is 370 g/mol. The van der Waals surface area contributed by atoms with Crippen molar-refractivity contribution in [2.75, 3.05) is 32.7 Å². The smallest absolute Gasteiger partial charge is 0.253 e. The van der Waals surface area contributed by atoms with E-state index < -0.39 is 0 Å². The second-order valence-electron chi connectivity index (χ2n) is 9.13. The Morgan fingerprint density at radius 1 is 1.19 bits per heavy atom. The normalized spacial score (nSPS) is 27.3. The van der Waals surface area contributed by atoms with Crippen molar-refractivity contribution in [3.63, 3.8) is 0 Å². The van der Waals surface area contributed by atoms with Crippen molar-refractivity contribution in [2.45, 2.75) is 39.2 Å². The molecule has 5 heteroatoms. The minimum Gasteiger partial charge on any atom is -0.350 e. The summed E-state index contributed by atoms with van der Waals surface area (Å²) in [5.41, 5.74) is 1.81. The van der Waals surface area contributed by atoms with Gasteiger partial charge in [0.15, 0.2) is 0 Å². The van der Waals surface area contributed by atoms with Gasteiger partial charge in [-0.2, -0.15) is 0 Å². The van der Waals surface area contributed by atoms with E-state index >= 15 is 0 Å². The molecule has 3 saturated heterocycles. The molecule has 1 aromatic carbocycles. The standard InChI is InChI=1S/C22H31N3O2/c1-15(2)12-24-13-18-19(14-24)22(23-20(18)26)8-10-25(11-9-22)21(27)17-6-4-16(3)5-7-17/h4-7,15,18-19H,8-14H2,1-3H3,(H,23,26)/t18-,19+/m1/s1. The minimum atomic E-state index is -0.114. The summed E-state index contributed by atoms with van der Waals surface area (Å²) in [7, 11) is 0. The first-order valence-electron chi connectivity index (χ1n) is 10.3. The Morgan fingerprint density at radius 2 is 1.85 bits per heavy atom. The van der Waals surface area contributed by atoms with Crippen molar-refractivity contribution in [1.82, 2.24) is 15.1 Å². The summed E-state index contributed by atoms with van der Waals surface area (Å²) in [5, 5.41) is 3.35. The summed E-state index contributed by atoms with van der Waals surface area (Å²) in [6, 6.07) is 7.80. The third-order valence-corrected chi connectivity index (χ3v) is 6.68. The van der Waals surface area contributed by atoms with E-state index in [0.717, 1.165) is 56.7 Å². The molecule has 3 aliphatic heterocycles. The number of carbonyl (C=O) groups is 2. The van der Waals surface area contributed by atoms with Gasteiger partial charge >= 0.3 is 0 Å². The highest BCUT2D eigenvalue weighted by molar-refractivity contribution is 5.94. The molecule has 5 nitrogen and oxygen atoms in total. The van der Waals surface area contributed by atoms with E-state index in [-0.39, 0.29) is 23.3 Å². The third kappa shape index (κ3) is 3.38. The van der Waals surface area contributed by atoms with Crippen LogP contribution < -0.4 is 5.32 Å². The first-order chi connectivity index (χ1) is 12.9. The maximum Gasteiger partial charge on any atom is 0.253 e. The number of piperidine rings is 1. The maximum absolute atomic E-state index is 12.8. The average Bonchev–Trinajstić information content (AvgIpc) is 3.15. The topological polar surface area (TPSA) is 52.7 Å². The first kappa shape index (κ1) is 18.5. The number of likely N-dealkylation sites (tertiary alicyclic amines) is 2. The monoisotopic (exact) mass is 369 g/mol. The number of aryl methyl sites for hydroxylation is 1. The van der Waals surface area contributed by atoms with Crippen molar-refractivity contribution in [3.05, 3.63) is 35.4 Å². The molecule has 3 heterocycles. The van der Waals surface area contributed by atoms with Gasteiger partial charge in [-0.1, -0.05) is 31.5 Å². The molecule has 0 saturated carbocycles. The predicted molar refractivity (Wildman–Crippen MR) is 105 cm³/mol. The summed E-state index contributed by atoms with van der Waals surface area (Å²) < 4.78 is 0. The van der Waals surface area contributed by atoms with E-state index in [4.69, 9.17) is 0 Å². The van der Waals surface area contributed by atoms with Gasteiger partial charge in [-0.15, -0.1) is 0 Å². The second-order valence-corrected chi connectivity index (χ2v) is 9.13. The fourth-order valence-corrected chi connectivity index (χ4v) is 5.29. The molecule has 0 unspecified atom stereocenters. The highest BCUT2D eigenvalue weighted by atomic mass is 16.2. The number of nitrogens with one attached hydrogen (secondary N) is 1. The van der Waals surface area contributed by atoms with Crippen LogP contribution >= 0.6 is 0 Å². The highest BCUT2D eigenvalue weighted by Crippen LogP contribution is 2.44. The number of amides is 2.